The van der Waals surface area contributed by atoms with Crippen molar-refractivity contribution in [2.24, 2.45) is 0 Å². The average molecular weight is 366 g/mol. The van der Waals surface area contributed by atoms with E-state index in [9.17, 15) is 4.39 Å². The number of nitrogens with zero attached hydrogens (tertiary/aromatic N) is 2. The topological polar surface area (TPSA) is 59.1 Å². The van der Waals surface area contributed by atoms with Crippen LogP contribution < -0.4 is 15.4 Å². The zero-order chi connectivity index (χ0) is 18.9. The van der Waals surface area contributed by atoms with Crippen molar-refractivity contribution in [3.63, 3.8) is 0 Å². The van der Waals surface area contributed by atoms with E-state index in [0.717, 1.165) is 30.1 Å². The minimum Gasteiger partial charge on any atom is -0.496 e. The molecule has 0 fully saturated rings. The SMILES string of the molecule is COc1ccccc1CCNc1ccnc(NCCc2ccccc2F)n1. The molecular weight excluding hydrogens is 343 g/mol. The van der Waals surface area contributed by atoms with Gasteiger partial charge in [0.15, 0.2) is 0 Å². The highest BCUT2D eigenvalue weighted by Gasteiger charge is 2.04. The quantitative estimate of drug-likeness (QED) is 0.601. The third-order valence-corrected chi connectivity index (χ3v) is 4.18. The van der Waals surface area contributed by atoms with Crippen molar-refractivity contribution in [1.29, 1.82) is 0 Å². The number of halogens is 1. The summed E-state index contributed by atoms with van der Waals surface area (Å²) >= 11 is 0. The van der Waals surface area contributed by atoms with Crippen LogP contribution in [0.3, 0.4) is 0 Å². The molecule has 0 atom stereocenters. The van der Waals surface area contributed by atoms with Crippen molar-refractivity contribution >= 4 is 11.8 Å². The summed E-state index contributed by atoms with van der Waals surface area (Å²) in [6, 6.07) is 16.6. The van der Waals surface area contributed by atoms with Gasteiger partial charge in [0.05, 0.1) is 7.11 Å². The Hall–Kier alpha value is -3.15. The molecule has 0 unspecified atom stereocenters. The molecule has 1 heterocycles. The molecule has 0 saturated carbocycles. The van der Waals surface area contributed by atoms with Crippen molar-refractivity contribution in [3.05, 3.63) is 77.7 Å². The monoisotopic (exact) mass is 366 g/mol. The lowest BCUT2D eigenvalue weighted by molar-refractivity contribution is 0.410. The lowest BCUT2D eigenvalue weighted by Gasteiger charge is -2.10. The Morgan fingerprint density at radius 3 is 2.41 bits per heavy atom. The number of benzene rings is 2. The van der Waals surface area contributed by atoms with Crippen molar-refractivity contribution in [2.45, 2.75) is 12.8 Å². The van der Waals surface area contributed by atoms with Gasteiger partial charge < -0.3 is 15.4 Å². The lowest BCUT2D eigenvalue weighted by Crippen LogP contribution is -2.11. The van der Waals surface area contributed by atoms with Gasteiger partial charge in [0.25, 0.3) is 0 Å². The Kier molecular flexibility index (Phi) is 6.57. The maximum atomic E-state index is 13.6. The summed E-state index contributed by atoms with van der Waals surface area (Å²) in [5, 5.41) is 6.43. The fourth-order valence-electron chi connectivity index (χ4n) is 2.79. The largest absolute Gasteiger partial charge is 0.496 e. The van der Waals surface area contributed by atoms with Crippen LogP contribution in [0, 0.1) is 5.82 Å². The van der Waals surface area contributed by atoms with E-state index >= 15 is 0 Å². The van der Waals surface area contributed by atoms with Gasteiger partial charge in [-0.05, 0) is 42.2 Å². The van der Waals surface area contributed by atoms with E-state index in [1.54, 1.807) is 25.4 Å². The van der Waals surface area contributed by atoms with Crippen LogP contribution in [-0.2, 0) is 12.8 Å². The summed E-state index contributed by atoms with van der Waals surface area (Å²) < 4.78 is 19.0. The lowest BCUT2D eigenvalue weighted by atomic mass is 10.1. The third-order valence-electron chi connectivity index (χ3n) is 4.18. The molecule has 0 aliphatic carbocycles. The normalized spacial score (nSPS) is 10.4. The number of rotatable bonds is 9. The van der Waals surface area contributed by atoms with E-state index in [-0.39, 0.29) is 5.82 Å². The second-order valence-corrected chi connectivity index (χ2v) is 6.02. The molecule has 3 rings (SSSR count). The molecular formula is C21H23FN4O. The number of para-hydroxylation sites is 1. The summed E-state index contributed by atoms with van der Waals surface area (Å²) in [5.74, 6) is 1.96. The van der Waals surface area contributed by atoms with Crippen molar-refractivity contribution in [3.8, 4) is 5.75 Å². The first-order valence-electron chi connectivity index (χ1n) is 8.92. The van der Waals surface area contributed by atoms with Crippen molar-refractivity contribution in [1.82, 2.24) is 9.97 Å². The molecule has 0 saturated heterocycles. The average Bonchev–Trinajstić information content (AvgIpc) is 2.70. The van der Waals surface area contributed by atoms with E-state index in [0.29, 0.717) is 24.5 Å². The fraction of sp³-hybridized carbons (Fsp3) is 0.238. The van der Waals surface area contributed by atoms with Gasteiger partial charge >= 0.3 is 0 Å². The molecule has 0 amide bonds. The number of aromatic nitrogens is 2. The van der Waals surface area contributed by atoms with Crippen LogP contribution in [0.1, 0.15) is 11.1 Å². The molecule has 0 bridgehead atoms. The van der Waals surface area contributed by atoms with Crippen LogP contribution in [-0.4, -0.2) is 30.2 Å². The van der Waals surface area contributed by atoms with Gasteiger partial charge in [-0.15, -0.1) is 0 Å². The van der Waals surface area contributed by atoms with Gasteiger partial charge in [0, 0.05) is 19.3 Å². The number of ether oxygens (including phenoxy) is 1. The summed E-state index contributed by atoms with van der Waals surface area (Å²) in [4.78, 5) is 8.65. The molecule has 3 aromatic rings. The predicted octanol–water partition coefficient (Wildman–Crippen LogP) is 3.93. The Labute approximate surface area is 158 Å². The maximum absolute atomic E-state index is 13.6. The Morgan fingerprint density at radius 2 is 1.59 bits per heavy atom. The van der Waals surface area contributed by atoms with E-state index in [2.05, 4.69) is 26.7 Å². The first-order chi connectivity index (χ1) is 13.3. The highest BCUT2D eigenvalue weighted by atomic mass is 19.1. The summed E-state index contributed by atoms with van der Waals surface area (Å²) in [5.41, 5.74) is 1.82. The first-order valence-corrected chi connectivity index (χ1v) is 8.92. The van der Waals surface area contributed by atoms with E-state index < -0.39 is 0 Å². The number of hydrogen-bond acceptors (Lipinski definition) is 5. The Morgan fingerprint density at radius 1 is 0.889 bits per heavy atom. The first kappa shape index (κ1) is 18.6. The molecule has 0 radical (unpaired) electrons. The second kappa shape index (κ2) is 9.52. The minimum atomic E-state index is -0.188. The zero-order valence-corrected chi connectivity index (χ0v) is 15.3. The smallest absolute Gasteiger partial charge is 0.224 e. The Balaban J connectivity index is 1.49. The van der Waals surface area contributed by atoms with E-state index in [4.69, 9.17) is 4.74 Å². The van der Waals surface area contributed by atoms with Crippen molar-refractivity contribution in [2.75, 3.05) is 30.8 Å². The number of anilines is 2. The van der Waals surface area contributed by atoms with Crippen LogP contribution >= 0.6 is 0 Å². The van der Waals surface area contributed by atoms with E-state index in [1.807, 2.05) is 30.3 Å². The number of methoxy groups -OCH3 is 1. The molecule has 0 spiro atoms. The maximum Gasteiger partial charge on any atom is 0.224 e. The third kappa shape index (κ3) is 5.41. The van der Waals surface area contributed by atoms with E-state index in [1.165, 1.54) is 6.07 Å². The van der Waals surface area contributed by atoms with Crippen LogP contribution in [0.4, 0.5) is 16.2 Å². The molecule has 5 nitrogen and oxygen atoms in total. The minimum absolute atomic E-state index is 0.188. The van der Waals surface area contributed by atoms with Crippen LogP contribution in [0.25, 0.3) is 0 Å². The van der Waals surface area contributed by atoms with Crippen LogP contribution in [0.2, 0.25) is 0 Å². The number of hydrogen-bond donors (Lipinski definition) is 2. The molecule has 6 heteroatoms. The molecule has 27 heavy (non-hydrogen) atoms. The highest BCUT2D eigenvalue weighted by Crippen LogP contribution is 2.18. The van der Waals surface area contributed by atoms with Gasteiger partial charge in [-0.3, -0.25) is 0 Å². The molecule has 0 aliphatic rings. The summed E-state index contributed by atoms with van der Waals surface area (Å²) in [6.45, 7) is 1.29. The molecule has 140 valence electrons. The molecule has 1 aromatic heterocycles. The number of nitrogens with one attached hydrogen (secondary N) is 2. The summed E-state index contributed by atoms with van der Waals surface area (Å²) in [7, 11) is 1.68. The van der Waals surface area contributed by atoms with Gasteiger partial charge in [-0.2, -0.15) is 4.98 Å². The van der Waals surface area contributed by atoms with Crippen molar-refractivity contribution < 1.29 is 9.13 Å². The highest BCUT2D eigenvalue weighted by molar-refractivity contribution is 5.40. The molecule has 2 N–H and O–H groups in total. The van der Waals surface area contributed by atoms with Gasteiger partial charge in [0.1, 0.15) is 17.4 Å². The van der Waals surface area contributed by atoms with Gasteiger partial charge in [-0.1, -0.05) is 36.4 Å². The second-order valence-electron chi connectivity index (χ2n) is 6.02. The van der Waals surface area contributed by atoms with Gasteiger partial charge in [0.2, 0.25) is 5.95 Å². The summed E-state index contributed by atoms with van der Waals surface area (Å²) in [6.07, 6.45) is 3.09. The van der Waals surface area contributed by atoms with Gasteiger partial charge in [-0.25, -0.2) is 9.37 Å². The Bertz CT molecular complexity index is 872. The molecule has 0 aliphatic heterocycles. The predicted molar refractivity (Wildman–Crippen MR) is 106 cm³/mol. The zero-order valence-electron chi connectivity index (χ0n) is 15.3. The fourth-order valence-corrected chi connectivity index (χ4v) is 2.79. The standard InChI is InChI=1S/C21H23FN4O/c1-27-19-9-5-3-7-17(19)11-13-23-20-12-15-25-21(26-20)24-14-10-16-6-2-4-8-18(16)22/h2-9,12,15H,10-11,13-14H2,1H3,(H2,23,24,25,26). The molecule has 2 aromatic carbocycles. The van der Waals surface area contributed by atoms with Crippen LogP contribution in [0.15, 0.2) is 60.8 Å². The van der Waals surface area contributed by atoms with Crippen LogP contribution in [0.5, 0.6) is 5.75 Å².